The van der Waals surface area contributed by atoms with Crippen LogP contribution in [0.5, 0.6) is 0 Å². The van der Waals surface area contributed by atoms with Gasteiger partial charge in [-0.2, -0.15) is 0 Å². The van der Waals surface area contributed by atoms with Crippen molar-refractivity contribution in [3.8, 4) is 0 Å². The summed E-state index contributed by atoms with van der Waals surface area (Å²) in [5.41, 5.74) is 0. The van der Waals surface area contributed by atoms with Crippen LogP contribution in [0.3, 0.4) is 0 Å². The van der Waals surface area contributed by atoms with E-state index in [4.69, 9.17) is 18.9 Å². The van der Waals surface area contributed by atoms with Crippen LogP contribution in [0.2, 0.25) is 0 Å². The first-order chi connectivity index (χ1) is 26.3. The number of unbranched alkanes of at least 4 members (excludes halogenated alkanes) is 18. The summed E-state index contributed by atoms with van der Waals surface area (Å²) in [5, 5.41) is 40.0. The van der Waals surface area contributed by atoms with Gasteiger partial charge in [0, 0.05) is 12.8 Å². The molecular weight excluding hydrogens is 688 g/mol. The largest absolute Gasteiger partial charge is 0.462 e. The third kappa shape index (κ3) is 26.7. The van der Waals surface area contributed by atoms with Crippen LogP contribution in [0.15, 0.2) is 36.5 Å². The Kier molecular flexibility index (Phi) is 32.7. The van der Waals surface area contributed by atoms with Crippen molar-refractivity contribution in [3.63, 3.8) is 0 Å². The predicted octanol–water partition coefficient (Wildman–Crippen LogP) is 8.72. The second kappa shape index (κ2) is 35.3. The molecule has 0 spiro atoms. The monoisotopic (exact) mass is 767 g/mol. The molecule has 1 saturated heterocycles. The van der Waals surface area contributed by atoms with E-state index in [9.17, 15) is 30.0 Å². The van der Waals surface area contributed by atoms with Gasteiger partial charge >= 0.3 is 11.9 Å². The van der Waals surface area contributed by atoms with Crippen molar-refractivity contribution in [2.45, 2.75) is 211 Å². The summed E-state index contributed by atoms with van der Waals surface area (Å²) in [6.45, 7) is 3.34. The number of aliphatic hydroxyl groups is 4. The van der Waals surface area contributed by atoms with Crippen molar-refractivity contribution in [2.24, 2.45) is 0 Å². The maximum Gasteiger partial charge on any atom is 0.306 e. The smallest absolute Gasteiger partial charge is 0.306 e. The van der Waals surface area contributed by atoms with Crippen LogP contribution in [0.25, 0.3) is 0 Å². The summed E-state index contributed by atoms with van der Waals surface area (Å²) in [5.74, 6) is -0.828. The molecule has 0 aromatic rings. The van der Waals surface area contributed by atoms with E-state index in [1.54, 1.807) is 0 Å². The molecule has 314 valence electrons. The van der Waals surface area contributed by atoms with E-state index in [0.29, 0.717) is 12.8 Å². The van der Waals surface area contributed by atoms with E-state index < -0.39 is 55.4 Å². The van der Waals surface area contributed by atoms with Gasteiger partial charge in [-0.05, 0) is 64.2 Å². The summed E-state index contributed by atoms with van der Waals surface area (Å²) in [6, 6.07) is 0. The molecule has 10 heteroatoms. The summed E-state index contributed by atoms with van der Waals surface area (Å²) >= 11 is 0. The molecule has 10 nitrogen and oxygen atoms in total. The van der Waals surface area contributed by atoms with Crippen molar-refractivity contribution in [3.05, 3.63) is 36.5 Å². The highest BCUT2D eigenvalue weighted by atomic mass is 16.7. The number of hydrogen-bond acceptors (Lipinski definition) is 10. The van der Waals surface area contributed by atoms with E-state index in [1.807, 2.05) is 0 Å². The second-order valence-electron chi connectivity index (χ2n) is 14.8. The first-order valence-electron chi connectivity index (χ1n) is 21.6. The Hall–Kier alpha value is -2.08. The minimum Gasteiger partial charge on any atom is -0.462 e. The van der Waals surface area contributed by atoms with E-state index in [2.05, 4.69) is 50.3 Å². The number of aliphatic hydroxyl groups excluding tert-OH is 4. The first kappa shape index (κ1) is 49.9. The maximum atomic E-state index is 12.7. The van der Waals surface area contributed by atoms with Crippen LogP contribution >= 0.6 is 0 Å². The Morgan fingerprint density at radius 3 is 1.61 bits per heavy atom. The highest BCUT2D eigenvalue weighted by Gasteiger charge is 2.44. The third-order valence-corrected chi connectivity index (χ3v) is 9.75. The molecule has 0 radical (unpaired) electrons. The van der Waals surface area contributed by atoms with E-state index in [-0.39, 0.29) is 26.1 Å². The van der Waals surface area contributed by atoms with E-state index in [0.717, 1.165) is 70.6 Å². The van der Waals surface area contributed by atoms with Gasteiger partial charge in [-0.25, -0.2) is 0 Å². The quantitative estimate of drug-likeness (QED) is 0.0280. The molecule has 54 heavy (non-hydrogen) atoms. The molecule has 0 aromatic heterocycles. The van der Waals surface area contributed by atoms with E-state index >= 15 is 0 Å². The zero-order valence-corrected chi connectivity index (χ0v) is 34.0. The Morgan fingerprint density at radius 2 is 1.06 bits per heavy atom. The van der Waals surface area contributed by atoms with Crippen molar-refractivity contribution in [1.82, 2.24) is 0 Å². The van der Waals surface area contributed by atoms with Crippen molar-refractivity contribution in [2.75, 3.05) is 19.8 Å². The Balaban J connectivity index is 2.36. The summed E-state index contributed by atoms with van der Waals surface area (Å²) < 4.78 is 22.1. The molecule has 1 aliphatic rings. The summed E-state index contributed by atoms with van der Waals surface area (Å²) in [6.07, 6.45) is 31.4. The SMILES string of the molecule is CCCC/C=C/C/C=C/CCCCCCCC(=O)OC[C@H](CO[C@@H]1O[C@H](CO)[C@H](O)C(O)C1O)OC(=O)CCCCCCCCC/C=C/CCCCCC. The maximum absolute atomic E-state index is 12.7. The van der Waals surface area contributed by atoms with Gasteiger partial charge in [-0.15, -0.1) is 0 Å². The molecule has 0 amide bonds. The first-order valence-corrected chi connectivity index (χ1v) is 21.6. The van der Waals surface area contributed by atoms with Gasteiger partial charge in [0.1, 0.15) is 31.0 Å². The van der Waals surface area contributed by atoms with Crippen LogP contribution in [0.1, 0.15) is 174 Å². The van der Waals surface area contributed by atoms with Gasteiger partial charge in [0.15, 0.2) is 12.4 Å². The van der Waals surface area contributed by atoms with Crippen molar-refractivity contribution in [1.29, 1.82) is 0 Å². The zero-order chi connectivity index (χ0) is 39.5. The fourth-order valence-corrected chi connectivity index (χ4v) is 6.26. The second-order valence-corrected chi connectivity index (χ2v) is 14.8. The molecule has 2 unspecified atom stereocenters. The third-order valence-electron chi connectivity index (χ3n) is 9.75. The molecule has 1 aliphatic heterocycles. The molecular formula is C44H78O10. The van der Waals surface area contributed by atoms with Gasteiger partial charge < -0.3 is 39.4 Å². The van der Waals surface area contributed by atoms with Gasteiger partial charge in [-0.3, -0.25) is 9.59 Å². The summed E-state index contributed by atoms with van der Waals surface area (Å²) in [4.78, 5) is 25.3. The number of carbonyl (C=O) groups is 2. The molecule has 1 fully saturated rings. The topological polar surface area (TPSA) is 152 Å². The number of rotatable bonds is 35. The molecule has 0 aliphatic carbocycles. The van der Waals surface area contributed by atoms with Crippen LogP contribution in [0, 0.1) is 0 Å². The van der Waals surface area contributed by atoms with Crippen molar-refractivity contribution < 1.29 is 49.0 Å². The average Bonchev–Trinajstić information content (AvgIpc) is 3.17. The van der Waals surface area contributed by atoms with Gasteiger partial charge in [0.05, 0.1) is 13.2 Å². The van der Waals surface area contributed by atoms with Crippen LogP contribution in [-0.4, -0.2) is 89.0 Å². The number of allylic oxidation sites excluding steroid dienone is 6. The van der Waals surface area contributed by atoms with Crippen molar-refractivity contribution >= 4 is 11.9 Å². The molecule has 1 heterocycles. The lowest BCUT2D eigenvalue weighted by Gasteiger charge is -2.39. The normalized spacial score (nSPS) is 21.0. The Morgan fingerprint density at radius 1 is 0.574 bits per heavy atom. The minimum atomic E-state index is -1.60. The highest BCUT2D eigenvalue weighted by molar-refractivity contribution is 5.70. The Labute approximate surface area is 327 Å². The zero-order valence-electron chi connectivity index (χ0n) is 34.0. The van der Waals surface area contributed by atoms with Gasteiger partial charge in [0.2, 0.25) is 0 Å². The lowest BCUT2D eigenvalue weighted by molar-refractivity contribution is -0.305. The summed E-state index contributed by atoms with van der Waals surface area (Å²) in [7, 11) is 0. The molecule has 0 aromatic carbocycles. The van der Waals surface area contributed by atoms with E-state index in [1.165, 1.54) is 64.2 Å². The van der Waals surface area contributed by atoms with Crippen LogP contribution in [0.4, 0.5) is 0 Å². The number of hydrogen-bond donors (Lipinski definition) is 4. The minimum absolute atomic E-state index is 0.222. The van der Waals surface area contributed by atoms with Gasteiger partial charge in [-0.1, -0.05) is 134 Å². The molecule has 6 atom stereocenters. The molecule has 0 saturated carbocycles. The van der Waals surface area contributed by atoms with Crippen LogP contribution < -0.4 is 0 Å². The number of esters is 2. The highest BCUT2D eigenvalue weighted by Crippen LogP contribution is 2.22. The predicted molar refractivity (Wildman–Crippen MR) is 215 cm³/mol. The lowest BCUT2D eigenvalue weighted by atomic mass is 9.99. The number of ether oxygens (including phenoxy) is 4. The van der Waals surface area contributed by atoms with Gasteiger partial charge in [0.25, 0.3) is 0 Å². The number of carbonyl (C=O) groups excluding carboxylic acids is 2. The van der Waals surface area contributed by atoms with Crippen LogP contribution in [-0.2, 0) is 28.5 Å². The fraction of sp³-hybridized carbons (Fsp3) is 0.818. The average molecular weight is 767 g/mol. The molecule has 0 bridgehead atoms. The molecule has 1 rings (SSSR count). The Bertz CT molecular complexity index is 980. The standard InChI is InChI=1S/C44H78O10/c1-3-5-7-9-11-13-15-17-19-21-23-25-27-29-31-33-40(47)53-37(36-52-44-43(50)42(49)41(48)38(34-45)54-44)35-51-39(46)32-30-28-26-24-22-20-18-16-14-12-10-8-6-4-2/h10,12-13,15-16,18,37-38,41-45,48-50H,3-9,11,14,17,19-36H2,1-2H3/b12-10+,15-13+,18-16+/t37-,38-,41+,42?,43?,44-/m1/s1. The fourth-order valence-electron chi connectivity index (χ4n) is 6.26. The lowest BCUT2D eigenvalue weighted by Crippen LogP contribution is -2.59. The molecule has 4 N–H and O–H groups in total.